The summed E-state index contributed by atoms with van der Waals surface area (Å²) in [7, 11) is 1.60. The molecule has 1 atom stereocenters. The molecule has 0 fully saturated rings. The number of para-hydroxylation sites is 1. The number of rotatable bonds is 5. The molecule has 2 aromatic rings. The molecule has 4 rings (SSSR count). The van der Waals surface area contributed by atoms with E-state index >= 15 is 0 Å². The molecule has 0 aliphatic carbocycles. The molecular formula is C21H21BrN4O3S. The van der Waals surface area contributed by atoms with Gasteiger partial charge in [0.2, 0.25) is 0 Å². The third-order valence-electron chi connectivity index (χ3n) is 4.64. The Kier molecular flexibility index (Phi) is 6.01. The molecule has 2 aliphatic heterocycles. The van der Waals surface area contributed by atoms with E-state index in [0.29, 0.717) is 29.0 Å². The summed E-state index contributed by atoms with van der Waals surface area (Å²) in [5.41, 5.74) is 1.31. The molecule has 0 saturated carbocycles. The molecule has 7 nitrogen and oxygen atoms in total. The van der Waals surface area contributed by atoms with Crippen LogP contribution in [0, 0.1) is 0 Å². The molecule has 0 unspecified atom stereocenters. The minimum Gasteiger partial charge on any atom is -0.493 e. The summed E-state index contributed by atoms with van der Waals surface area (Å²) < 4.78 is 12.0. The van der Waals surface area contributed by atoms with E-state index < -0.39 is 6.17 Å². The van der Waals surface area contributed by atoms with Gasteiger partial charge in [-0.2, -0.15) is 0 Å². The molecule has 1 amide bonds. The largest absolute Gasteiger partial charge is 0.493 e. The summed E-state index contributed by atoms with van der Waals surface area (Å²) in [6.45, 7) is 4.45. The molecule has 2 aliphatic rings. The van der Waals surface area contributed by atoms with E-state index in [1.54, 1.807) is 12.1 Å². The number of benzene rings is 2. The lowest BCUT2D eigenvalue weighted by atomic mass is 10.1. The van der Waals surface area contributed by atoms with Gasteiger partial charge in [-0.25, -0.2) is 5.01 Å². The number of nitrogens with zero attached hydrogens (tertiary/aromatic N) is 3. The number of ether oxygens (including phenoxy) is 2. The van der Waals surface area contributed by atoms with E-state index in [4.69, 9.17) is 19.6 Å². The summed E-state index contributed by atoms with van der Waals surface area (Å²) in [6, 6.07) is 11.4. The van der Waals surface area contributed by atoms with Gasteiger partial charge in [0.15, 0.2) is 22.8 Å². The number of thioether (sulfide) groups is 1. The van der Waals surface area contributed by atoms with Gasteiger partial charge in [0, 0.05) is 10.8 Å². The van der Waals surface area contributed by atoms with Crippen molar-refractivity contribution in [2.75, 3.05) is 19.5 Å². The highest BCUT2D eigenvalue weighted by Gasteiger charge is 2.35. The average molecular weight is 489 g/mol. The van der Waals surface area contributed by atoms with Gasteiger partial charge in [0.05, 0.1) is 23.5 Å². The molecule has 0 radical (unpaired) electrons. The Morgan fingerprint density at radius 2 is 2.07 bits per heavy atom. The van der Waals surface area contributed by atoms with Crippen molar-refractivity contribution < 1.29 is 14.3 Å². The Bertz CT molecular complexity index is 1150. The Morgan fingerprint density at radius 1 is 1.27 bits per heavy atom. The van der Waals surface area contributed by atoms with E-state index in [-0.39, 0.29) is 5.91 Å². The van der Waals surface area contributed by atoms with E-state index in [1.165, 1.54) is 11.8 Å². The first-order valence-electron chi connectivity index (χ1n) is 9.56. The van der Waals surface area contributed by atoms with Gasteiger partial charge in [-0.1, -0.05) is 36.9 Å². The number of carbonyl (C=O) groups is 1. The second-order valence-electron chi connectivity index (χ2n) is 6.47. The summed E-state index contributed by atoms with van der Waals surface area (Å²) in [4.78, 5) is 17.9. The Morgan fingerprint density at radius 3 is 2.80 bits per heavy atom. The normalized spacial score (nSPS) is 17.4. The number of fused-ring (bicyclic) bond motifs is 2. The molecule has 2 aromatic carbocycles. The lowest BCUT2D eigenvalue weighted by Gasteiger charge is -2.34. The van der Waals surface area contributed by atoms with Gasteiger partial charge in [-0.05, 0) is 46.8 Å². The first kappa shape index (κ1) is 20.7. The van der Waals surface area contributed by atoms with E-state index in [0.717, 1.165) is 26.4 Å². The summed E-state index contributed by atoms with van der Waals surface area (Å²) in [5.74, 6) is 1.82. The molecule has 0 bridgehead atoms. The van der Waals surface area contributed by atoms with Crippen molar-refractivity contribution in [1.82, 2.24) is 10.3 Å². The first-order valence-corrected chi connectivity index (χ1v) is 11.3. The fraction of sp³-hybridized carbons (Fsp3) is 0.286. The maximum absolute atomic E-state index is 13.0. The Labute approximate surface area is 187 Å². The number of nitrogens with one attached hydrogen (secondary N) is 1. The number of halogens is 1. The summed E-state index contributed by atoms with van der Waals surface area (Å²) in [6.07, 6.45) is -0.519. The SMILES string of the molecule is CCOc1c(Br)cc([C@H]2N=c3ccccc3=C3C(=O)NC(SCC)=NN32)cc1OC. The van der Waals surface area contributed by atoms with Crippen LogP contribution in [0.15, 0.2) is 51.0 Å². The van der Waals surface area contributed by atoms with E-state index in [9.17, 15) is 4.79 Å². The van der Waals surface area contributed by atoms with E-state index in [2.05, 4.69) is 21.2 Å². The van der Waals surface area contributed by atoms with Crippen LogP contribution in [0.3, 0.4) is 0 Å². The van der Waals surface area contributed by atoms with Crippen LogP contribution in [0.25, 0.3) is 5.70 Å². The zero-order chi connectivity index (χ0) is 21.3. The van der Waals surface area contributed by atoms with Crippen molar-refractivity contribution in [3.8, 4) is 11.5 Å². The van der Waals surface area contributed by atoms with Crippen molar-refractivity contribution >= 4 is 44.5 Å². The number of methoxy groups -OCH3 is 1. The van der Waals surface area contributed by atoms with Crippen LogP contribution in [0.4, 0.5) is 0 Å². The monoisotopic (exact) mass is 488 g/mol. The lowest BCUT2D eigenvalue weighted by molar-refractivity contribution is -0.116. The predicted molar refractivity (Wildman–Crippen MR) is 121 cm³/mol. The van der Waals surface area contributed by atoms with Gasteiger partial charge in [0.1, 0.15) is 5.70 Å². The Balaban J connectivity index is 1.92. The van der Waals surface area contributed by atoms with Crippen LogP contribution in [0.5, 0.6) is 11.5 Å². The van der Waals surface area contributed by atoms with Crippen LogP contribution in [-0.4, -0.2) is 35.6 Å². The maximum Gasteiger partial charge on any atom is 0.276 e. The highest BCUT2D eigenvalue weighted by Crippen LogP contribution is 2.41. The summed E-state index contributed by atoms with van der Waals surface area (Å²) in [5, 5.41) is 11.4. The smallest absolute Gasteiger partial charge is 0.276 e. The van der Waals surface area contributed by atoms with Crippen molar-refractivity contribution in [3.63, 3.8) is 0 Å². The number of hydrazone groups is 1. The first-order chi connectivity index (χ1) is 14.6. The molecule has 2 heterocycles. The number of hydrogen-bond acceptors (Lipinski definition) is 7. The van der Waals surface area contributed by atoms with Crippen molar-refractivity contribution in [1.29, 1.82) is 0 Å². The lowest BCUT2D eigenvalue weighted by Crippen LogP contribution is -2.50. The quantitative estimate of drug-likeness (QED) is 0.700. The number of carbonyl (C=O) groups excluding carboxylic acids is 1. The van der Waals surface area contributed by atoms with Crippen molar-refractivity contribution in [2.45, 2.75) is 20.0 Å². The second kappa shape index (κ2) is 8.69. The van der Waals surface area contributed by atoms with Gasteiger partial charge < -0.3 is 9.47 Å². The third kappa shape index (κ3) is 3.67. The van der Waals surface area contributed by atoms with Crippen molar-refractivity contribution in [3.05, 3.63) is 57.0 Å². The molecule has 0 saturated heterocycles. The van der Waals surface area contributed by atoms with Crippen molar-refractivity contribution in [2.24, 2.45) is 10.1 Å². The summed E-state index contributed by atoms with van der Waals surface area (Å²) >= 11 is 5.06. The Hall–Kier alpha value is -2.52. The third-order valence-corrected chi connectivity index (χ3v) is 5.97. The number of amidine groups is 1. The van der Waals surface area contributed by atoms with Crippen LogP contribution in [0.1, 0.15) is 25.6 Å². The topological polar surface area (TPSA) is 75.5 Å². The van der Waals surface area contributed by atoms with Gasteiger partial charge in [0.25, 0.3) is 5.91 Å². The minimum absolute atomic E-state index is 0.190. The highest BCUT2D eigenvalue weighted by atomic mass is 79.9. The average Bonchev–Trinajstić information content (AvgIpc) is 2.74. The van der Waals surface area contributed by atoms with Gasteiger partial charge >= 0.3 is 0 Å². The fourth-order valence-corrected chi connectivity index (χ4v) is 4.58. The molecule has 30 heavy (non-hydrogen) atoms. The number of hydrogen-bond donors (Lipinski definition) is 1. The van der Waals surface area contributed by atoms with E-state index in [1.807, 2.05) is 50.2 Å². The van der Waals surface area contributed by atoms with Crippen LogP contribution < -0.4 is 25.4 Å². The zero-order valence-electron chi connectivity index (χ0n) is 16.8. The fourth-order valence-electron chi connectivity index (χ4n) is 3.42. The molecule has 156 valence electrons. The highest BCUT2D eigenvalue weighted by molar-refractivity contribution is 9.10. The van der Waals surface area contributed by atoms with Crippen LogP contribution >= 0.6 is 27.7 Å². The van der Waals surface area contributed by atoms with Gasteiger partial charge in [-0.3, -0.25) is 15.1 Å². The minimum atomic E-state index is -0.519. The maximum atomic E-state index is 13.0. The number of amides is 1. The molecule has 0 aromatic heterocycles. The van der Waals surface area contributed by atoms with Gasteiger partial charge in [-0.15, -0.1) is 5.10 Å². The molecule has 0 spiro atoms. The molecular weight excluding hydrogens is 468 g/mol. The van der Waals surface area contributed by atoms with Crippen LogP contribution in [0.2, 0.25) is 0 Å². The van der Waals surface area contributed by atoms with Crippen LogP contribution in [-0.2, 0) is 4.79 Å². The molecule has 1 N–H and O–H groups in total. The molecule has 9 heteroatoms. The standard InChI is InChI=1S/C21H21BrN4O3S/c1-4-29-18-14(22)10-12(11-16(18)28-3)19-23-15-9-7-6-8-13(15)17-20(27)24-21(30-5-2)25-26(17)19/h6-11,19H,4-5H2,1-3H3,(H,24,25,27)/t19-/m0/s1. The second-order valence-corrected chi connectivity index (χ2v) is 8.58. The predicted octanol–water partition coefficient (Wildman–Crippen LogP) is 2.75. The zero-order valence-corrected chi connectivity index (χ0v) is 19.2.